The van der Waals surface area contributed by atoms with Crippen molar-refractivity contribution >= 4 is 154 Å². The summed E-state index contributed by atoms with van der Waals surface area (Å²) in [6.07, 6.45) is -0.814. The number of phenols is 2. The zero-order valence-electron chi connectivity index (χ0n) is 24.5. The van der Waals surface area contributed by atoms with Gasteiger partial charge in [0.05, 0.1) is 21.4 Å². The lowest BCUT2D eigenvalue weighted by molar-refractivity contribution is -0.508. The number of hydrogen-bond donors (Lipinski definition) is 8. The minimum Gasteiger partial charge on any atom is -0.507 e. The molecule has 0 aliphatic heterocycles. The van der Waals surface area contributed by atoms with Crippen molar-refractivity contribution in [3.63, 3.8) is 0 Å². The van der Waals surface area contributed by atoms with E-state index in [1.54, 1.807) is 48.5 Å². The third-order valence-electron chi connectivity index (χ3n) is 6.21. The first kappa shape index (κ1) is 42.0. The highest BCUT2D eigenvalue weighted by Gasteiger charge is 2.25. The van der Waals surface area contributed by atoms with Crippen molar-refractivity contribution in [3.05, 3.63) is 93.2 Å². The Morgan fingerprint density at radius 1 is 0.612 bits per heavy atom. The second-order valence-corrected chi connectivity index (χ2v) is 16.9. The SMILES string of the molecule is NC(Cc1cc(I)c(Oc2ccc(O)c(I)c2)c(I)c1)C(=O)O.O=C(O)C(Cc1cc(I)c(Oc2ccc(O)c(I)c2)c(I)c1)[NH+]=C(O)O. The van der Waals surface area contributed by atoms with Crippen molar-refractivity contribution in [1.82, 2.24) is 0 Å². The topological polar surface area (TPSA) is 214 Å². The largest absolute Gasteiger partial charge is 0.543 e. The van der Waals surface area contributed by atoms with Crippen molar-refractivity contribution in [2.75, 3.05) is 0 Å². The van der Waals surface area contributed by atoms with E-state index in [2.05, 4.69) is 95.4 Å². The van der Waals surface area contributed by atoms with Gasteiger partial charge in [0.25, 0.3) is 6.04 Å². The van der Waals surface area contributed by atoms with Crippen molar-refractivity contribution in [3.8, 4) is 34.5 Å². The van der Waals surface area contributed by atoms with Crippen molar-refractivity contribution < 1.29 is 54.7 Å². The van der Waals surface area contributed by atoms with Crippen LogP contribution >= 0.6 is 136 Å². The summed E-state index contributed by atoms with van der Waals surface area (Å²) in [4.78, 5) is 24.2. The highest BCUT2D eigenvalue weighted by atomic mass is 127. The number of carboxylic acid groups (broad SMARTS) is 2. The van der Waals surface area contributed by atoms with Crippen LogP contribution in [0.25, 0.3) is 0 Å². The van der Waals surface area contributed by atoms with Crippen LogP contribution in [-0.4, -0.2) is 60.7 Å². The van der Waals surface area contributed by atoms with Crippen molar-refractivity contribution in [1.29, 1.82) is 0 Å². The summed E-state index contributed by atoms with van der Waals surface area (Å²) in [5.41, 5.74) is 7.13. The van der Waals surface area contributed by atoms with Crippen molar-refractivity contribution in [2.24, 2.45) is 5.73 Å². The van der Waals surface area contributed by atoms with Gasteiger partial charge in [0.15, 0.2) is 11.5 Å². The molecule has 9 N–H and O–H groups in total. The van der Waals surface area contributed by atoms with Crippen LogP contribution in [0.1, 0.15) is 11.1 Å². The van der Waals surface area contributed by atoms with Gasteiger partial charge in [-0.3, -0.25) is 4.79 Å². The molecule has 0 saturated carbocycles. The second-order valence-electron chi connectivity index (χ2n) is 9.92. The Morgan fingerprint density at radius 2 is 1.00 bits per heavy atom. The Kier molecular flexibility index (Phi) is 16.7. The average molecular weight is 1350 g/mol. The van der Waals surface area contributed by atoms with Crippen LogP contribution in [0.2, 0.25) is 0 Å². The van der Waals surface area contributed by atoms with Gasteiger partial charge in [0.1, 0.15) is 29.0 Å². The summed E-state index contributed by atoms with van der Waals surface area (Å²) in [7, 11) is 0. The van der Waals surface area contributed by atoms with Crippen LogP contribution < -0.4 is 20.2 Å². The van der Waals surface area contributed by atoms with E-state index in [0.717, 1.165) is 19.8 Å². The highest BCUT2D eigenvalue weighted by molar-refractivity contribution is 14.1. The summed E-state index contributed by atoms with van der Waals surface area (Å²) in [5.74, 6) is 0.671. The van der Waals surface area contributed by atoms with Crippen LogP contribution in [0, 0.1) is 21.4 Å². The summed E-state index contributed by atoms with van der Waals surface area (Å²) >= 11 is 12.5. The fourth-order valence-electron chi connectivity index (χ4n) is 3.93. The molecular weight excluding hydrogens is 1320 g/mol. The second kappa shape index (κ2) is 19.5. The van der Waals surface area contributed by atoms with Gasteiger partial charge in [-0.1, -0.05) is 0 Å². The van der Waals surface area contributed by atoms with E-state index < -0.39 is 30.1 Å². The van der Waals surface area contributed by atoms with E-state index in [0.29, 0.717) is 35.7 Å². The molecule has 2 unspecified atom stereocenters. The molecule has 0 radical (unpaired) electrons. The van der Waals surface area contributed by atoms with Gasteiger partial charge in [-0.2, -0.15) is 4.99 Å². The molecule has 0 aliphatic carbocycles. The summed E-state index contributed by atoms with van der Waals surface area (Å²) in [6.45, 7) is 0. The van der Waals surface area contributed by atoms with E-state index in [1.807, 2.05) is 57.3 Å². The molecule has 0 bridgehead atoms. The van der Waals surface area contributed by atoms with Crippen molar-refractivity contribution in [2.45, 2.75) is 24.9 Å². The predicted molar refractivity (Wildman–Crippen MR) is 231 cm³/mol. The number of ether oxygens (including phenoxy) is 2. The molecule has 2 atom stereocenters. The number of aliphatic hydroxyl groups excluding tert-OH is 1. The molecule has 0 spiro atoms. The lowest BCUT2D eigenvalue weighted by atomic mass is 10.1. The van der Waals surface area contributed by atoms with Gasteiger partial charge < -0.3 is 45.8 Å². The number of benzene rings is 4. The molecule has 4 rings (SSSR count). The van der Waals surface area contributed by atoms with Crippen LogP contribution in [0.4, 0.5) is 0 Å². The van der Waals surface area contributed by atoms with E-state index >= 15 is 0 Å². The Labute approximate surface area is 361 Å². The Hall–Kier alpha value is -1.37. The molecule has 0 aliphatic rings. The fraction of sp³-hybridized carbons (Fsp3) is 0.129. The number of aliphatic hydroxyl groups is 2. The first-order valence-corrected chi connectivity index (χ1v) is 19.9. The van der Waals surface area contributed by atoms with Gasteiger partial charge in [0.2, 0.25) is 0 Å². The molecule has 12 nitrogen and oxygen atoms in total. The monoisotopic (exact) mass is 1350 g/mol. The van der Waals surface area contributed by atoms with Gasteiger partial charge in [0, 0.05) is 6.42 Å². The molecule has 0 amide bonds. The zero-order chi connectivity index (χ0) is 36.6. The van der Waals surface area contributed by atoms with Crippen LogP contribution in [0.5, 0.6) is 34.5 Å². The standard InChI is InChI=1S/C16H12I3NO6.C15H12I3NO4/c17-9-6-8(1-2-13(9)21)26-14-10(18)3-7(4-11(14)19)5-12(15(22)23)20-16(24)25;16-9-6-8(1-2-13(9)20)23-14-10(17)3-7(4-11(14)18)5-12(19)15(21)22/h1-4,6,12,21H,5H2,(H,22,23)(H2,20,24,25);1-4,6,12,20H,5,19H2,(H,21,22)/p+1. The van der Waals surface area contributed by atoms with E-state index in [-0.39, 0.29) is 24.3 Å². The first-order valence-electron chi connectivity index (χ1n) is 13.5. The quantitative estimate of drug-likeness (QED) is 0.0461. The lowest BCUT2D eigenvalue weighted by Crippen LogP contribution is -2.82. The van der Waals surface area contributed by atoms with Gasteiger partial charge in [-0.25, -0.2) is 4.79 Å². The number of aromatic hydroxyl groups is 2. The number of aliphatic carboxylic acids is 2. The van der Waals surface area contributed by atoms with Gasteiger partial charge in [-0.15, -0.1) is 0 Å². The Bertz CT molecular complexity index is 1840. The first-order chi connectivity index (χ1) is 22.9. The number of nitrogens with one attached hydrogen (secondary N) is 1. The molecule has 0 aromatic heterocycles. The van der Waals surface area contributed by atoms with Gasteiger partial charge in [-0.05, 0) is 214 Å². The summed E-state index contributed by atoms with van der Waals surface area (Å²) < 4.78 is 16.4. The summed E-state index contributed by atoms with van der Waals surface area (Å²) in [5, 5.41) is 55.0. The molecule has 49 heavy (non-hydrogen) atoms. The average Bonchev–Trinajstić information content (AvgIpc) is 3.00. The number of hydrogen-bond acceptors (Lipinski definition) is 7. The molecule has 260 valence electrons. The third kappa shape index (κ3) is 13.0. The summed E-state index contributed by atoms with van der Waals surface area (Å²) in [6, 6.07) is 15.1. The van der Waals surface area contributed by atoms with Gasteiger partial charge >= 0.3 is 18.0 Å². The zero-order valence-corrected chi connectivity index (χ0v) is 37.4. The number of nitrogens with two attached hydrogens (primary N) is 1. The van der Waals surface area contributed by atoms with E-state index in [4.69, 9.17) is 30.5 Å². The Morgan fingerprint density at radius 3 is 1.33 bits per heavy atom. The number of carboxylic acids is 2. The molecule has 4 aromatic carbocycles. The van der Waals surface area contributed by atoms with E-state index in [1.165, 1.54) is 0 Å². The maximum atomic E-state index is 11.2. The maximum absolute atomic E-state index is 11.2. The number of carbonyl (C=O) groups is 2. The Balaban J connectivity index is 0.000000267. The van der Waals surface area contributed by atoms with Crippen LogP contribution in [-0.2, 0) is 22.4 Å². The minimum atomic E-state index is -1.20. The van der Waals surface area contributed by atoms with E-state index in [9.17, 15) is 24.9 Å². The normalized spacial score (nSPS) is 11.8. The molecule has 4 aromatic rings. The third-order valence-corrected chi connectivity index (χ3v) is 11.1. The lowest BCUT2D eigenvalue weighted by Gasteiger charge is -2.13. The molecular formula is C31H25I6N2O10+. The fourth-order valence-corrected chi connectivity index (χ4v) is 9.13. The van der Waals surface area contributed by atoms with Crippen LogP contribution in [0.15, 0.2) is 60.7 Å². The molecule has 18 heteroatoms. The highest BCUT2D eigenvalue weighted by Crippen LogP contribution is 2.36. The number of phenolic OH excluding ortho intramolecular Hbond substituents is 2. The molecule has 0 heterocycles. The predicted octanol–water partition coefficient (Wildman–Crippen LogP) is 6.50. The maximum Gasteiger partial charge on any atom is 0.543 e. The van der Waals surface area contributed by atoms with Crippen LogP contribution in [0.3, 0.4) is 0 Å². The number of rotatable bonds is 11. The smallest absolute Gasteiger partial charge is 0.507 e. The molecule has 0 saturated heterocycles. The minimum absolute atomic E-state index is 0.0589. The molecule has 0 fully saturated rings. The number of halogens is 6.